The van der Waals surface area contributed by atoms with Crippen LogP contribution in [-0.4, -0.2) is 53.5 Å². The number of carboxylic acids is 1. The lowest BCUT2D eigenvalue weighted by Crippen LogP contribution is -2.64. The Labute approximate surface area is 248 Å². The van der Waals surface area contributed by atoms with Crippen molar-refractivity contribution in [3.05, 3.63) is 0 Å². The maximum absolute atomic E-state index is 13.9. The molecule has 2 unspecified atom stereocenters. The van der Waals surface area contributed by atoms with E-state index < -0.39 is 34.7 Å². The lowest BCUT2D eigenvalue weighted by atomic mass is 9.64. The first-order valence-corrected chi connectivity index (χ1v) is 16.5. The molecule has 1 heterocycles. The smallest absolute Gasteiger partial charge is 0.310 e. The number of rotatable bonds is 16. The molecule has 0 aromatic rings. The molecule has 3 N–H and O–H groups in total. The van der Waals surface area contributed by atoms with Gasteiger partial charge in [-0.15, -0.1) is 0 Å². The van der Waals surface area contributed by atoms with Crippen LogP contribution in [0, 0.1) is 16.7 Å². The number of carboxylic acid groups (broad SMARTS) is 1. The predicted molar refractivity (Wildman–Crippen MR) is 160 cm³/mol. The Morgan fingerprint density at radius 2 is 1.46 bits per heavy atom. The fourth-order valence-corrected chi connectivity index (χ4v) is 7.03. The first-order chi connectivity index (χ1) is 19.4. The van der Waals surface area contributed by atoms with Gasteiger partial charge in [0.05, 0.1) is 18.1 Å². The molecule has 2 amide bonds. The highest BCUT2D eigenvalue weighted by Gasteiger charge is 2.51. The summed E-state index contributed by atoms with van der Waals surface area (Å²) in [5, 5.41) is 16.7. The summed E-state index contributed by atoms with van der Waals surface area (Å²) in [4.78, 5) is 40.0. The fourth-order valence-electron chi connectivity index (χ4n) is 7.03. The summed E-state index contributed by atoms with van der Waals surface area (Å²) in [6.45, 7) is 9.93. The van der Waals surface area contributed by atoms with Crippen LogP contribution in [-0.2, 0) is 23.9 Å². The quantitative estimate of drug-likeness (QED) is 0.180. The number of carbonyl (C=O) groups excluding carboxylic acids is 2. The molecular formula is C33H58N2O6. The molecule has 3 rings (SSSR count). The molecule has 3 fully saturated rings. The number of unbranched alkanes of at least 4 members (excludes halogenated alkanes) is 7. The van der Waals surface area contributed by atoms with Gasteiger partial charge in [0.15, 0.2) is 5.79 Å². The third kappa shape index (κ3) is 8.92. The van der Waals surface area contributed by atoms with Crippen LogP contribution < -0.4 is 10.6 Å². The van der Waals surface area contributed by atoms with E-state index in [0.717, 1.165) is 57.8 Å². The van der Waals surface area contributed by atoms with Gasteiger partial charge in [-0.25, -0.2) is 0 Å². The van der Waals surface area contributed by atoms with Gasteiger partial charge in [0, 0.05) is 17.4 Å². The zero-order chi connectivity index (χ0) is 30.2. The van der Waals surface area contributed by atoms with E-state index in [2.05, 4.69) is 17.6 Å². The van der Waals surface area contributed by atoms with Crippen molar-refractivity contribution in [3.8, 4) is 0 Å². The average molecular weight is 579 g/mol. The number of carbonyl (C=O) groups is 3. The van der Waals surface area contributed by atoms with Crippen molar-refractivity contribution in [2.45, 2.75) is 161 Å². The summed E-state index contributed by atoms with van der Waals surface area (Å²) in [6, 6.07) is 0. The number of hydrogen-bond donors (Lipinski definition) is 3. The SMILES string of the molecule is CCCCCCCCCCC1(C(=O)NC2(C(CNC(=O)C3OC(C)(C)OCC3(C)C)C(=O)O)CCCCC2)CCC1. The van der Waals surface area contributed by atoms with E-state index in [9.17, 15) is 19.5 Å². The van der Waals surface area contributed by atoms with Crippen LogP contribution in [0.1, 0.15) is 144 Å². The lowest BCUT2D eigenvalue weighted by Gasteiger charge is -2.48. The summed E-state index contributed by atoms with van der Waals surface area (Å²) >= 11 is 0. The molecule has 1 aliphatic heterocycles. The Bertz CT molecular complexity index is 875. The highest BCUT2D eigenvalue weighted by Crippen LogP contribution is 2.47. The zero-order valence-corrected chi connectivity index (χ0v) is 26.6. The van der Waals surface area contributed by atoms with Gasteiger partial charge in [-0.3, -0.25) is 14.4 Å². The average Bonchev–Trinajstić information content (AvgIpc) is 2.88. The third-order valence-corrected chi connectivity index (χ3v) is 10.00. The van der Waals surface area contributed by atoms with Gasteiger partial charge in [-0.1, -0.05) is 97.8 Å². The van der Waals surface area contributed by atoms with Crippen molar-refractivity contribution in [2.24, 2.45) is 16.7 Å². The normalized spacial score (nSPS) is 25.0. The molecule has 8 nitrogen and oxygen atoms in total. The molecule has 236 valence electrons. The largest absolute Gasteiger partial charge is 0.481 e. The number of hydrogen-bond acceptors (Lipinski definition) is 5. The van der Waals surface area contributed by atoms with E-state index in [1.54, 1.807) is 13.8 Å². The second-order valence-electron chi connectivity index (χ2n) is 14.3. The summed E-state index contributed by atoms with van der Waals surface area (Å²) in [7, 11) is 0. The van der Waals surface area contributed by atoms with Crippen LogP contribution in [0.15, 0.2) is 0 Å². The zero-order valence-electron chi connectivity index (χ0n) is 26.6. The predicted octanol–water partition coefficient (Wildman–Crippen LogP) is 6.50. The molecule has 8 heteroatoms. The summed E-state index contributed by atoms with van der Waals surface area (Å²) in [5.41, 5.74) is -1.78. The summed E-state index contributed by atoms with van der Waals surface area (Å²) in [6.07, 6.45) is 16.8. The molecule has 3 aliphatic rings. The topological polar surface area (TPSA) is 114 Å². The van der Waals surface area contributed by atoms with Crippen molar-refractivity contribution in [2.75, 3.05) is 13.2 Å². The van der Waals surface area contributed by atoms with E-state index in [-0.39, 0.29) is 23.8 Å². The molecule has 0 aromatic heterocycles. The van der Waals surface area contributed by atoms with Crippen LogP contribution in [0.5, 0.6) is 0 Å². The second-order valence-corrected chi connectivity index (χ2v) is 14.3. The number of ether oxygens (including phenoxy) is 2. The lowest BCUT2D eigenvalue weighted by molar-refractivity contribution is -0.304. The minimum Gasteiger partial charge on any atom is -0.481 e. The van der Waals surface area contributed by atoms with E-state index in [4.69, 9.17) is 9.47 Å². The Morgan fingerprint density at radius 3 is 2.02 bits per heavy atom. The van der Waals surface area contributed by atoms with E-state index in [1.807, 2.05) is 13.8 Å². The number of nitrogens with one attached hydrogen (secondary N) is 2. The molecule has 0 bridgehead atoms. The van der Waals surface area contributed by atoms with Gasteiger partial charge < -0.3 is 25.2 Å². The van der Waals surface area contributed by atoms with Gasteiger partial charge in [0.25, 0.3) is 0 Å². The highest BCUT2D eigenvalue weighted by atomic mass is 16.7. The van der Waals surface area contributed by atoms with Crippen molar-refractivity contribution in [3.63, 3.8) is 0 Å². The van der Waals surface area contributed by atoms with Crippen molar-refractivity contribution in [1.29, 1.82) is 0 Å². The van der Waals surface area contributed by atoms with Crippen LogP contribution in [0.25, 0.3) is 0 Å². The molecule has 0 spiro atoms. The molecule has 0 aromatic carbocycles. The Balaban J connectivity index is 1.64. The maximum Gasteiger partial charge on any atom is 0.310 e. The van der Waals surface area contributed by atoms with Crippen molar-refractivity contribution >= 4 is 17.8 Å². The minimum atomic E-state index is -0.981. The maximum atomic E-state index is 13.9. The molecular weight excluding hydrogens is 520 g/mol. The number of amides is 2. The van der Waals surface area contributed by atoms with Crippen LogP contribution >= 0.6 is 0 Å². The first-order valence-electron chi connectivity index (χ1n) is 16.5. The van der Waals surface area contributed by atoms with Crippen LogP contribution in [0.2, 0.25) is 0 Å². The van der Waals surface area contributed by atoms with Crippen LogP contribution in [0.4, 0.5) is 0 Å². The molecule has 0 radical (unpaired) electrons. The first kappa shape index (κ1) is 33.8. The Morgan fingerprint density at radius 1 is 0.854 bits per heavy atom. The van der Waals surface area contributed by atoms with Crippen LogP contribution in [0.3, 0.4) is 0 Å². The molecule has 2 aliphatic carbocycles. The monoisotopic (exact) mass is 578 g/mol. The van der Waals surface area contributed by atoms with E-state index >= 15 is 0 Å². The standard InChI is InChI=1S/C33H58N2O6/c1-6-7-8-9-10-11-12-14-18-32(19-17-20-32)29(39)35-33(21-15-13-16-22-33)25(28(37)38)23-34-27(36)26-30(2,3)24-40-31(4,5)41-26/h25-26H,6-24H2,1-5H3,(H,34,36)(H,35,39)(H,37,38). The molecule has 41 heavy (non-hydrogen) atoms. The van der Waals surface area contributed by atoms with E-state index in [0.29, 0.717) is 19.4 Å². The highest BCUT2D eigenvalue weighted by molar-refractivity contribution is 5.86. The van der Waals surface area contributed by atoms with Crippen molar-refractivity contribution < 1.29 is 29.0 Å². The van der Waals surface area contributed by atoms with E-state index in [1.165, 1.54) is 38.5 Å². The van der Waals surface area contributed by atoms with Crippen molar-refractivity contribution in [1.82, 2.24) is 10.6 Å². The van der Waals surface area contributed by atoms with Gasteiger partial charge in [0.2, 0.25) is 11.8 Å². The Hall–Kier alpha value is -1.67. The summed E-state index contributed by atoms with van der Waals surface area (Å²) < 4.78 is 11.7. The van der Waals surface area contributed by atoms with Gasteiger partial charge in [-0.2, -0.15) is 0 Å². The summed E-state index contributed by atoms with van der Waals surface area (Å²) in [5.74, 6) is -3.09. The molecule has 2 atom stereocenters. The minimum absolute atomic E-state index is 0.0295. The second kappa shape index (κ2) is 14.7. The molecule has 1 saturated heterocycles. The van der Waals surface area contributed by atoms with Gasteiger partial charge in [-0.05, 0) is 46.0 Å². The molecule has 2 saturated carbocycles. The number of aliphatic carboxylic acids is 1. The van der Waals surface area contributed by atoms with Gasteiger partial charge >= 0.3 is 5.97 Å². The Kier molecular flexibility index (Phi) is 12.1. The van der Waals surface area contributed by atoms with Gasteiger partial charge in [0.1, 0.15) is 6.10 Å². The third-order valence-electron chi connectivity index (χ3n) is 10.00. The fraction of sp³-hybridized carbons (Fsp3) is 0.909.